The summed E-state index contributed by atoms with van der Waals surface area (Å²) in [7, 11) is 0. The summed E-state index contributed by atoms with van der Waals surface area (Å²) < 4.78 is 0. The molecule has 0 radical (unpaired) electrons. The molecule has 0 aromatic rings. The van der Waals surface area contributed by atoms with Crippen LogP contribution in [0, 0.1) is 0 Å². The van der Waals surface area contributed by atoms with E-state index in [4.69, 9.17) is 0 Å². The molecule has 0 heterocycles. The third-order valence-electron chi connectivity index (χ3n) is 0. The van der Waals surface area contributed by atoms with Crippen molar-refractivity contribution in [2.24, 2.45) is 0 Å². The van der Waals surface area contributed by atoms with Gasteiger partial charge in [0.1, 0.15) is 0 Å². The van der Waals surface area contributed by atoms with Crippen LogP contribution in [0.3, 0.4) is 0 Å². The number of hydrogen-bond donors (Lipinski definition) is 0. The highest BCUT2D eigenvalue weighted by molar-refractivity contribution is 14.0. The van der Waals surface area contributed by atoms with Crippen LogP contribution in [-0.2, 0) is 0 Å². The zero-order valence-corrected chi connectivity index (χ0v) is 9.72. The van der Waals surface area contributed by atoms with Gasteiger partial charge < -0.3 is 0 Å². The van der Waals surface area contributed by atoms with E-state index >= 15 is 0 Å². The topological polar surface area (TPSA) is 0 Å². The molecule has 0 aliphatic heterocycles. The highest BCUT2D eigenvalue weighted by Crippen LogP contribution is 0.887. The Kier molecular flexibility index (Phi) is 153. The van der Waals surface area contributed by atoms with Gasteiger partial charge in [-0.3, -0.25) is 0 Å². The van der Waals surface area contributed by atoms with Crippen LogP contribution in [0.2, 0.25) is 0 Å². The van der Waals surface area contributed by atoms with Gasteiger partial charge in [-0.2, -0.15) is 19.8 Å². The molecule has 0 rings (SSSR count). The quantitative estimate of drug-likeness (QED) is 0.466. The van der Waals surface area contributed by atoms with Crippen LogP contribution in [0.1, 0.15) is 0 Å². The molecule has 0 amide bonds. The molecule has 0 spiro atoms. The van der Waals surface area contributed by atoms with Gasteiger partial charge >= 0.3 is 0 Å². The minimum atomic E-state index is 0. The first-order chi connectivity index (χ1) is 0. The third-order valence-corrected chi connectivity index (χ3v) is 0. The Morgan fingerprint density at radius 3 is 0.500 bits per heavy atom. The molecule has 2 atom stereocenters. The van der Waals surface area contributed by atoms with Crippen LogP contribution in [0.15, 0.2) is 0 Å². The standard InChI is InChI=1S/2HI.2H3P/h2*1H;2*1H3. The minimum Gasteiger partial charge on any atom is -0.153 e. The summed E-state index contributed by atoms with van der Waals surface area (Å²) >= 11 is 0. The van der Waals surface area contributed by atoms with Crippen molar-refractivity contribution < 1.29 is 0 Å². The molecule has 0 saturated carbocycles. The third kappa shape index (κ3) is 8.85. The number of rotatable bonds is 0. The maximum atomic E-state index is 0. The van der Waals surface area contributed by atoms with Crippen LogP contribution in [0.4, 0.5) is 0 Å². The molecular weight excluding hydrogens is 316 g/mol. The first kappa shape index (κ1) is 33.2. The van der Waals surface area contributed by atoms with Crippen molar-refractivity contribution in [1.82, 2.24) is 0 Å². The monoisotopic (exact) mass is 324 g/mol. The van der Waals surface area contributed by atoms with Crippen molar-refractivity contribution in [2.45, 2.75) is 0 Å². The molecule has 0 nitrogen and oxygen atoms in total. The van der Waals surface area contributed by atoms with Gasteiger partial charge in [-0.05, 0) is 0 Å². The van der Waals surface area contributed by atoms with Gasteiger partial charge in [0.2, 0.25) is 0 Å². The molecule has 32 valence electrons. The maximum absolute atomic E-state index is 0. The lowest BCUT2D eigenvalue weighted by molar-refractivity contribution is 6.92. The molecule has 4 heavy (non-hydrogen) atoms. The lowest BCUT2D eigenvalue weighted by atomic mass is 31.0. The second-order valence-corrected chi connectivity index (χ2v) is 0. The van der Waals surface area contributed by atoms with E-state index in [0.717, 1.165) is 0 Å². The molecule has 0 saturated heterocycles. The highest BCUT2D eigenvalue weighted by atomic mass is 127. The Morgan fingerprint density at radius 1 is 0.500 bits per heavy atom. The molecule has 2 unspecified atom stereocenters. The Labute approximate surface area is 67.2 Å². The van der Waals surface area contributed by atoms with E-state index in [1.165, 1.54) is 0 Å². The van der Waals surface area contributed by atoms with Crippen LogP contribution in [0.25, 0.3) is 0 Å². The van der Waals surface area contributed by atoms with E-state index < -0.39 is 0 Å². The molecule has 0 aliphatic rings. The molecule has 0 bridgehead atoms. The van der Waals surface area contributed by atoms with Gasteiger partial charge in [0.15, 0.2) is 0 Å². The molecule has 0 fully saturated rings. The summed E-state index contributed by atoms with van der Waals surface area (Å²) in [6.07, 6.45) is 0. The largest absolute Gasteiger partial charge is 0.153 e. The normalized spacial score (nSPS) is 0. The van der Waals surface area contributed by atoms with Crippen LogP contribution in [0.5, 0.6) is 0 Å². The summed E-state index contributed by atoms with van der Waals surface area (Å²) in [5.41, 5.74) is 0. The lowest BCUT2D eigenvalue weighted by Gasteiger charge is -0.154. The predicted molar refractivity (Wildman–Crippen MR) is 53.0 cm³/mol. The second kappa shape index (κ2) is 18.4. The van der Waals surface area contributed by atoms with E-state index in [1.807, 2.05) is 0 Å². The van der Waals surface area contributed by atoms with E-state index in [9.17, 15) is 0 Å². The minimum absolute atomic E-state index is 0. The Bertz CT molecular complexity index is 4.00. The summed E-state index contributed by atoms with van der Waals surface area (Å²) in [5, 5.41) is 0. The van der Waals surface area contributed by atoms with Gasteiger partial charge in [0, 0.05) is 0 Å². The SMILES string of the molecule is I.I.P.P. The van der Waals surface area contributed by atoms with Gasteiger partial charge in [0.05, 0.1) is 0 Å². The van der Waals surface area contributed by atoms with Crippen molar-refractivity contribution in [1.29, 1.82) is 0 Å². The maximum Gasteiger partial charge on any atom is -0.107 e. The average Bonchev–Trinajstić information content (AvgIpc) is 0. The summed E-state index contributed by atoms with van der Waals surface area (Å²) in [6.45, 7) is 0. The fourth-order valence-corrected chi connectivity index (χ4v) is 0. The fourth-order valence-electron chi connectivity index (χ4n) is 0. The predicted octanol–water partition coefficient (Wildman–Crippen LogP) is 1.35. The van der Waals surface area contributed by atoms with Crippen LogP contribution >= 0.6 is 67.8 Å². The smallest absolute Gasteiger partial charge is 0.107 e. The fraction of sp³-hybridized carbons (Fsp3) is 0. The summed E-state index contributed by atoms with van der Waals surface area (Å²) in [6, 6.07) is 0. The second-order valence-electron chi connectivity index (χ2n) is 0. The van der Waals surface area contributed by atoms with E-state index in [0.29, 0.717) is 0 Å². The summed E-state index contributed by atoms with van der Waals surface area (Å²) in [4.78, 5) is 0. The molecular formula is H8I2P2. The molecule has 0 N–H and O–H groups in total. The van der Waals surface area contributed by atoms with Crippen LogP contribution < -0.4 is 0 Å². The van der Waals surface area contributed by atoms with Crippen molar-refractivity contribution in [3.05, 3.63) is 0 Å². The summed E-state index contributed by atoms with van der Waals surface area (Å²) in [5.74, 6) is 0. The van der Waals surface area contributed by atoms with Gasteiger partial charge in [-0.15, -0.1) is 48.0 Å². The van der Waals surface area contributed by atoms with Gasteiger partial charge in [-0.25, -0.2) is 0 Å². The average molecular weight is 324 g/mol. The van der Waals surface area contributed by atoms with Crippen molar-refractivity contribution in [3.8, 4) is 0 Å². The Balaban J connectivity index is 0. The Morgan fingerprint density at radius 2 is 0.500 bits per heavy atom. The van der Waals surface area contributed by atoms with Crippen LogP contribution in [-0.4, -0.2) is 0 Å². The zero-order chi connectivity index (χ0) is 0. The van der Waals surface area contributed by atoms with Crippen molar-refractivity contribution in [2.75, 3.05) is 0 Å². The van der Waals surface area contributed by atoms with E-state index in [2.05, 4.69) is 0 Å². The highest BCUT2D eigenvalue weighted by Gasteiger charge is -0.106. The van der Waals surface area contributed by atoms with E-state index in [-0.39, 0.29) is 67.8 Å². The zero-order valence-electron chi connectivity index (χ0n) is 2.23. The molecule has 4 heteroatoms. The lowest BCUT2D eigenvalue weighted by Crippen LogP contribution is 0.860. The van der Waals surface area contributed by atoms with Crippen molar-refractivity contribution >= 4 is 67.8 Å². The first-order valence-electron chi connectivity index (χ1n) is 0. The van der Waals surface area contributed by atoms with E-state index in [1.54, 1.807) is 0 Å². The molecule has 0 aromatic heterocycles. The van der Waals surface area contributed by atoms with Crippen molar-refractivity contribution in [3.63, 3.8) is 0 Å². The first-order valence-corrected chi connectivity index (χ1v) is 0. The number of halogens is 2. The van der Waals surface area contributed by atoms with Gasteiger partial charge in [-0.1, -0.05) is 0 Å². The molecule has 0 aliphatic carbocycles. The van der Waals surface area contributed by atoms with Gasteiger partial charge in [0.25, 0.3) is 0 Å². The Hall–Kier alpha value is 2.32. The number of hydrogen-bond acceptors (Lipinski definition) is 0. The molecule has 0 aromatic carbocycles.